The molecule has 0 N–H and O–H groups in total. The van der Waals surface area contributed by atoms with Gasteiger partial charge in [-0.1, -0.05) is 34.4 Å². The van der Waals surface area contributed by atoms with Crippen molar-refractivity contribution in [3.05, 3.63) is 12.3 Å². The van der Waals surface area contributed by atoms with Gasteiger partial charge in [-0.05, 0) is 19.3 Å². The van der Waals surface area contributed by atoms with Crippen molar-refractivity contribution in [1.82, 2.24) is 0 Å². The van der Waals surface area contributed by atoms with E-state index >= 15 is 0 Å². The van der Waals surface area contributed by atoms with Gasteiger partial charge in [-0.2, -0.15) is 0 Å². The molecule has 1 nitrogen and oxygen atoms in total. The summed E-state index contributed by atoms with van der Waals surface area (Å²) in [5.41, 5.74) is 0. The third kappa shape index (κ3) is 4.31. The van der Waals surface area contributed by atoms with Gasteiger partial charge in [-0.3, -0.25) is 0 Å². The second-order valence-corrected chi connectivity index (χ2v) is 5.90. The highest BCUT2D eigenvalue weighted by Gasteiger charge is 2.15. The standard InChI is InChI=1S/C9H16OS2/c1-8(10)4-2-3-5-9-6-7-11-12-9/h9-10H,1-7H2/p-1/t9-/m1/s1. The second kappa shape index (κ2) is 5.81. The molecule has 0 aromatic carbocycles. The smallest absolute Gasteiger partial charge is 0.0159 e. The SMILES string of the molecule is C=C([O-])CCCC[C@@H]1CCSS1. The molecule has 0 radical (unpaired) electrons. The van der Waals surface area contributed by atoms with Crippen LogP contribution in [0.4, 0.5) is 0 Å². The minimum atomic E-state index is 0.0865. The van der Waals surface area contributed by atoms with Crippen molar-refractivity contribution in [3.8, 4) is 0 Å². The Labute approximate surface area is 82.4 Å². The third-order valence-corrected chi connectivity index (χ3v) is 4.97. The second-order valence-electron chi connectivity index (χ2n) is 3.11. The van der Waals surface area contributed by atoms with Crippen molar-refractivity contribution in [2.45, 2.75) is 37.4 Å². The van der Waals surface area contributed by atoms with Crippen molar-refractivity contribution >= 4 is 21.6 Å². The molecule has 0 aromatic rings. The molecule has 1 aliphatic rings. The average Bonchev–Trinajstić information content (AvgIpc) is 2.49. The summed E-state index contributed by atoms with van der Waals surface area (Å²) in [6, 6.07) is 0. The highest BCUT2D eigenvalue weighted by molar-refractivity contribution is 8.77. The molecule has 0 saturated carbocycles. The van der Waals surface area contributed by atoms with Crippen molar-refractivity contribution in [3.63, 3.8) is 0 Å². The fourth-order valence-corrected chi connectivity index (χ4v) is 4.29. The Hall–Kier alpha value is 0.240. The Balaban J connectivity index is 1.91. The monoisotopic (exact) mass is 203 g/mol. The van der Waals surface area contributed by atoms with Crippen LogP contribution >= 0.6 is 21.6 Å². The van der Waals surface area contributed by atoms with Crippen LogP contribution in [0.5, 0.6) is 0 Å². The van der Waals surface area contributed by atoms with Crippen molar-refractivity contribution in [2.75, 3.05) is 5.75 Å². The van der Waals surface area contributed by atoms with Crippen molar-refractivity contribution in [1.29, 1.82) is 0 Å². The maximum absolute atomic E-state index is 10.5. The van der Waals surface area contributed by atoms with Gasteiger partial charge in [-0.25, -0.2) is 0 Å². The van der Waals surface area contributed by atoms with Crippen molar-refractivity contribution in [2.24, 2.45) is 0 Å². The van der Waals surface area contributed by atoms with E-state index in [1.54, 1.807) is 0 Å². The molecule has 3 heteroatoms. The summed E-state index contributed by atoms with van der Waals surface area (Å²) < 4.78 is 0. The number of hydrogen-bond donors (Lipinski definition) is 0. The van der Waals surface area contributed by atoms with E-state index in [9.17, 15) is 5.11 Å². The summed E-state index contributed by atoms with van der Waals surface area (Å²) in [5, 5.41) is 11.4. The Kier molecular flexibility index (Phi) is 5.00. The van der Waals surface area contributed by atoms with E-state index in [0.717, 1.165) is 11.7 Å². The molecule has 0 bridgehead atoms. The van der Waals surface area contributed by atoms with E-state index in [1.165, 1.54) is 25.0 Å². The van der Waals surface area contributed by atoms with E-state index in [-0.39, 0.29) is 5.76 Å². The summed E-state index contributed by atoms with van der Waals surface area (Å²) in [7, 11) is 4.00. The van der Waals surface area contributed by atoms with Gasteiger partial charge in [0.15, 0.2) is 0 Å². The molecule has 1 saturated heterocycles. The lowest BCUT2D eigenvalue weighted by Crippen LogP contribution is -2.02. The minimum absolute atomic E-state index is 0.0865. The van der Waals surface area contributed by atoms with E-state index in [4.69, 9.17) is 0 Å². The van der Waals surface area contributed by atoms with Crippen molar-refractivity contribution < 1.29 is 5.11 Å². The number of unbranched alkanes of at least 4 members (excludes halogenated alkanes) is 1. The summed E-state index contributed by atoms with van der Waals surface area (Å²) in [6.07, 6.45) is 5.53. The predicted molar refractivity (Wildman–Crippen MR) is 56.1 cm³/mol. The molecule has 1 atom stereocenters. The van der Waals surface area contributed by atoms with Crippen LogP contribution in [-0.4, -0.2) is 11.0 Å². The molecule has 1 aliphatic heterocycles. The normalized spacial score (nSPS) is 22.8. The van der Waals surface area contributed by atoms with Gasteiger partial charge in [0.25, 0.3) is 0 Å². The largest absolute Gasteiger partial charge is 0.876 e. The Morgan fingerprint density at radius 3 is 2.92 bits per heavy atom. The number of allylic oxidation sites excluding steroid dienone is 1. The zero-order valence-electron chi connectivity index (χ0n) is 7.25. The fraction of sp³-hybridized carbons (Fsp3) is 0.778. The Bertz CT molecular complexity index is 141. The molecule has 0 aromatic heterocycles. The summed E-state index contributed by atoms with van der Waals surface area (Å²) in [6.45, 7) is 3.36. The lowest BCUT2D eigenvalue weighted by Gasteiger charge is -2.10. The first kappa shape index (κ1) is 10.3. The Morgan fingerprint density at radius 2 is 2.33 bits per heavy atom. The van der Waals surface area contributed by atoms with Crippen LogP contribution in [0.15, 0.2) is 12.3 Å². The molecule has 0 aliphatic carbocycles. The fourth-order valence-electron chi connectivity index (χ4n) is 1.26. The quantitative estimate of drug-likeness (QED) is 0.390. The highest BCUT2D eigenvalue weighted by atomic mass is 33.1. The summed E-state index contributed by atoms with van der Waals surface area (Å²) >= 11 is 0. The molecule has 0 unspecified atom stereocenters. The minimum Gasteiger partial charge on any atom is -0.876 e. The predicted octanol–water partition coefficient (Wildman–Crippen LogP) is 2.57. The number of hydrogen-bond acceptors (Lipinski definition) is 3. The molecule has 1 rings (SSSR count). The van der Waals surface area contributed by atoms with Crippen LogP contribution in [0.3, 0.4) is 0 Å². The average molecular weight is 203 g/mol. The van der Waals surface area contributed by atoms with Crippen LogP contribution in [0, 0.1) is 0 Å². The molecular weight excluding hydrogens is 188 g/mol. The molecule has 0 spiro atoms. The first-order valence-corrected chi connectivity index (χ1v) is 6.80. The van der Waals surface area contributed by atoms with Crippen LogP contribution in [-0.2, 0) is 0 Å². The van der Waals surface area contributed by atoms with E-state index in [1.807, 2.05) is 21.6 Å². The van der Waals surface area contributed by atoms with E-state index in [0.29, 0.717) is 6.42 Å². The maximum Gasteiger partial charge on any atom is 0.0159 e. The first-order valence-electron chi connectivity index (χ1n) is 4.42. The van der Waals surface area contributed by atoms with Gasteiger partial charge >= 0.3 is 0 Å². The van der Waals surface area contributed by atoms with Gasteiger partial charge in [0.1, 0.15) is 0 Å². The molecule has 12 heavy (non-hydrogen) atoms. The summed E-state index contributed by atoms with van der Waals surface area (Å²) in [4.78, 5) is 0. The highest BCUT2D eigenvalue weighted by Crippen LogP contribution is 2.39. The van der Waals surface area contributed by atoms with Gasteiger partial charge in [0, 0.05) is 11.0 Å². The molecule has 70 valence electrons. The lowest BCUT2D eigenvalue weighted by molar-refractivity contribution is -0.306. The first-order chi connectivity index (χ1) is 5.79. The topological polar surface area (TPSA) is 23.1 Å². The van der Waals surface area contributed by atoms with Crippen LogP contribution in [0.25, 0.3) is 0 Å². The Morgan fingerprint density at radius 1 is 1.50 bits per heavy atom. The van der Waals surface area contributed by atoms with Gasteiger partial charge in [-0.15, -0.1) is 12.3 Å². The van der Waals surface area contributed by atoms with Gasteiger partial charge in [0.05, 0.1) is 0 Å². The zero-order chi connectivity index (χ0) is 8.81. The molecular formula is C9H15OS2-. The maximum atomic E-state index is 10.5. The lowest BCUT2D eigenvalue weighted by atomic mass is 10.1. The number of rotatable bonds is 5. The third-order valence-electron chi connectivity index (χ3n) is 1.96. The summed E-state index contributed by atoms with van der Waals surface area (Å²) in [5.74, 6) is 1.40. The van der Waals surface area contributed by atoms with Crippen LogP contribution in [0.1, 0.15) is 32.1 Å². The zero-order valence-corrected chi connectivity index (χ0v) is 8.88. The van der Waals surface area contributed by atoms with Crippen LogP contribution in [0.2, 0.25) is 0 Å². The van der Waals surface area contributed by atoms with Gasteiger partial charge in [0.2, 0.25) is 0 Å². The van der Waals surface area contributed by atoms with Gasteiger partial charge < -0.3 is 5.11 Å². The van der Waals surface area contributed by atoms with E-state index in [2.05, 4.69) is 6.58 Å². The molecule has 1 heterocycles. The van der Waals surface area contributed by atoms with Crippen LogP contribution < -0.4 is 5.11 Å². The molecule has 1 fully saturated rings. The molecule has 0 amide bonds. The van der Waals surface area contributed by atoms with E-state index < -0.39 is 0 Å².